The summed E-state index contributed by atoms with van der Waals surface area (Å²) in [5.41, 5.74) is 3.83. The summed E-state index contributed by atoms with van der Waals surface area (Å²) in [4.78, 5) is 16.4. The minimum atomic E-state index is -0.0402. The highest BCUT2D eigenvalue weighted by Gasteiger charge is 2.06. The largest absolute Gasteiger partial charge is 0.333 e. The summed E-state index contributed by atoms with van der Waals surface area (Å²) in [7, 11) is 0. The van der Waals surface area contributed by atoms with Crippen molar-refractivity contribution in [3.8, 4) is 5.69 Å². The van der Waals surface area contributed by atoms with Gasteiger partial charge in [0.25, 0.3) is 0 Å². The van der Waals surface area contributed by atoms with Crippen LogP contribution >= 0.6 is 0 Å². The number of aromatic nitrogens is 4. The predicted molar refractivity (Wildman–Crippen MR) is 104 cm³/mol. The molecule has 2 aromatic heterocycles. The molecule has 0 saturated heterocycles. The zero-order valence-corrected chi connectivity index (χ0v) is 14.7. The van der Waals surface area contributed by atoms with Gasteiger partial charge >= 0.3 is 0 Å². The first-order chi connectivity index (χ1) is 13.3. The molecule has 2 aromatic carbocycles. The van der Waals surface area contributed by atoms with Crippen LogP contribution in [0.15, 0.2) is 85.7 Å². The van der Waals surface area contributed by atoms with Crippen LogP contribution in [0.5, 0.6) is 0 Å². The molecule has 6 nitrogen and oxygen atoms in total. The number of nitrogens with zero attached hydrogens (tertiary/aromatic N) is 4. The van der Waals surface area contributed by atoms with Crippen molar-refractivity contribution in [2.75, 3.05) is 5.32 Å². The molecule has 0 aliphatic rings. The predicted octanol–water partition coefficient (Wildman–Crippen LogP) is 3.30. The highest BCUT2D eigenvalue weighted by molar-refractivity contribution is 5.92. The van der Waals surface area contributed by atoms with Crippen LogP contribution < -0.4 is 5.32 Å². The molecule has 0 aliphatic carbocycles. The zero-order valence-electron chi connectivity index (χ0n) is 14.7. The Bertz CT molecular complexity index is 1010. The van der Waals surface area contributed by atoms with Crippen LogP contribution in [0.3, 0.4) is 0 Å². The Kier molecular flexibility index (Phi) is 4.78. The Morgan fingerprint density at radius 3 is 2.59 bits per heavy atom. The molecule has 0 fully saturated rings. The number of anilines is 1. The van der Waals surface area contributed by atoms with Gasteiger partial charge in [0.2, 0.25) is 5.91 Å². The molecular formula is C21H19N5O. The smallest absolute Gasteiger partial charge is 0.228 e. The van der Waals surface area contributed by atoms with Gasteiger partial charge in [0.05, 0.1) is 18.4 Å². The van der Waals surface area contributed by atoms with E-state index in [0.717, 1.165) is 29.0 Å². The molecule has 1 N–H and O–H groups in total. The molecule has 0 radical (unpaired) electrons. The average Bonchev–Trinajstić information content (AvgIpc) is 3.36. The van der Waals surface area contributed by atoms with Crippen LogP contribution in [0.2, 0.25) is 0 Å². The van der Waals surface area contributed by atoms with Crippen LogP contribution in [-0.4, -0.2) is 25.2 Å². The molecule has 0 unspecified atom stereocenters. The lowest BCUT2D eigenvalue weighted by Crippen LogP contribution is -2.14. The van der Waals surface area contributed by atoms with Gasteiger partial charge in [-0.3, -0.25) is 4.79 Å². The van der Waals surface area contributed by atoms with E-state index in [1.54, 1.807) is 23.4 Å². The number of carbonyl (C=O) groups excluding carboxylic acids is 1. The molecule has 2 heterocycles. The van der Waals surface area contributed by atoms with Gasteiger partial charge in [-0.2, -0.15) is 5.10 Å². The second kappa shape index (κ2) is 7.70. The third-order valence-electron chi connectivity index (χ3n) is 4.21. The van der Waals surface area contributed by atoms with Gasteiger partial charge in [-0.1, -0.05) is 24.3 Å². The van der Waals surface area contributed by atoms with E-state index in [0.29, 0.717) is 6.42 Å². The van der Waals surface area contributed by atoms with Gasteiger partial charge in [0.1, 0.15) is 0 Å². The SMILES string of the molecule is O=C(Cc1ccc(-n2cccn2)cc1)Nc1cccc(Cn2ccnc2)c1. The normalized spacial score (nSPS) is 10.7. The summed E-state index contributed by atoms with van der Waals surface area (Å²) in [5.74, 6) is -0.0402. The van der Waals surface area contributed by atoms with E-state index < -0.39 is 0 Å². The van der Waals surface area contributed by atoms with Crippen LogP contribution in [-0.2, 0) is 17.8 Å². The minimum Gasteiger partial charge on any atom is -0.333 e. The molecule has 6 heteroatoms. The maximum absolute atomic E-state index is 12.4. The molecule has 27 heavy (non-hydrogen) atoms. The van der Waals surface area contributed by atoms with Crippen molar-refractivity contribution in [1.29, 1.82) is 0 Å². The maximum Gasteiger partial charge on any atom is 0.228 e. The first-order valence-electron chi connectivity index (χ1n) is 8.70. The van der Waals surface area contributed by atoms with Crippen LogP contribution in [0.4, 0.5) is 5.69 Å². The summed E-state index contributed by atoms with van der Waals surface area (Å²) in [5, 5.41) is 7.17. The highest BCUT2D eigenvalue weighted by Crippen LogP contribution is 2.14. The number of amides is 1. The van der Waals surface area contributed by atoms with Gasteiger partial charge in [-0.15, -0.1) is 0 Å². The van der Waals surface area contributed by atoms with Crippen molar-refractivity contribution in [1.82, 2.24) is 19.3 Å². The lowest BCUT2D eigenvalue weighted by molar-refractivity contribution is -0.115. The van der Waals surface area contributed by atoms with Crippen molar-refractivity contribution in [3.63, 3.8) is 0 Å². The van der Waals surface area contributed by atoms with Crippen molar-refractivity contribution in [2.24, 2.45) is 0 Å². The van der Waals surface area contributed by atoms with E-state index >= 15 is 0 Å². The van der Waals surface area contributed by atoms with Crippen molar-refractivity contribution in [3.05, 3.63) is 96.8 Å². The fourth-order valence-electron chi connectivity index (χ4n) is 2.92. The Morgan fingerprint density at radius 2 is 1.85 bits per heavy atom. The van der Waals surface area contributed by atoms with Gasteiger partial charge in [0.15, 0.2) is 0 Å². The van der Waals surface area contributed by atoms with Crippen molar-refractivity contribution in [2.45, 2.75) is 13.0 Å². The second-order valence-corrected chi connectivity index (χ2v) is 6.28. The Hall–Kier alpha value is -3.67. The molecule has 4 aromatic rings. The number of benzene rings is 2. The van der Waals surface area contributed by atoms with Crippen LogP contribution in [0.25, 0.3) is 5.69 Å². The fraction of sp³-hybridized carbons (Fsp3) is 0.0952. The quantitative estimate of drug-likeness (QED) is 0.576. The van der Waals surface area contributed by atoms with Crippen molar-refractivity contribution < 1.29 is 4.79 Å². The lowest BCUT2D eigenvalue weighted by Gasteiger charge is -2.09. The number of carbonyl (C=O) groups is 1. The maximum atomic E-state index is 12.4. The monoisotopic (exact) mass is 357 g/mol. The van der Waals surface area contributed by atoms with Gasteiger partial charge < -0.3 is 9.88 Å². The number of rotatable bonds is 6. The van der Waals surface area contributed by atoms with E-state index in [1.165, 1.54) is 0 Å². The van der Waals surface area contributed by atoms with Gasteiger partial charge in [-0.05, 0) is 41.5 Å². The van der Waals surface area contributed by atoms with Crippen LogP contribution in [0, 0.1) is 0 Å². The first kappa shape index (κ1) is 16.8. The average molecular weight is 357 g/mol. The molecule has 0 spiro atoms. The van der Waals surface area contributed by atoms with Crippen molar-refractivity contribution >= 4 is 11.6 Å². The molecule has 0 aliphatic heterocycles. The van der Waals surface area contributed by atoms with Gasteiger partial charge in [-0.25, -0.2) is 9.67 Å². The lowest BCUT2D eigenvalue weighted by atomic mass is 10.1. The minimum absolute atomic E-state index is 0.0402. The summed E-state index contributed by atoms with van der Waals surface area (Å²) in [6.45, 7) is 0.721. The van der Waals surface area contributed by atoms with Crippen LogP contribution in [0.1, 0.15) is 11.1 Å². The van der Waals surface area contributed by atoms with E-state index in [1.807, 2.05) is 71.6 Å². The molecule has 0 saturated carbocycles. The number of hydrogen-bond donors (Lipinski definition) is 1. The summed E-state index contributed by atoms with van der Waals surface area (Å²) < 4.78 is 3.78. The van der Waals surface area contributed by atoms with E-state index in [9.17, 15) is 4.79 Å². The number of hydrogen-bond acceptors (Lipinski definition) is 3. The second-order valence-electron chi connectivity index (χ2n) is 6.28. The molecular weight excluding hydrogens is 338 g/mol. The van der Waals surface area contributed by atoms with E-state index in [4.69, 9.17) is 0 Å². The van der Waals surface area contributed by atoms with E-state index in [2.05, 4.69) is 15.4 Å². The van der Waals surface area contributed by atoms with E-state index in [-0.39, 0.29) is 5.91 Å². The Balaban J connectivity index is 1.38. The number of imidazole rings is 1. The summed E-state index contributed by atoms with van der Waals surface area (Å²) in [6, 6.07) is 17.6. The Labute approximate surface area is 157 Å². The molecule has 1 amide bonds. The fourth-order valence-corrected chi connectivity index (χ4v) is 2.92. The summed E-state index contributed by atoms with van der Waals surface area (Å²) in [6.07, 6.45) is 9.39. The Morgan fingerprint density at radius 1 is 0.963 bits per heavy atom. The standard InChI is InChI=1S/C21H19N5O/c27-21(14-17-5-7-20(8-6-17)26-11-2-9-23-26)24-19-4-1-3-18(13-19)15-25-12-10-22-16-25/h1-13,16H,14-15H2,(H,24,27). The third-order valence-corrected chi connectivity index (χ3v) is 4.21. The highest BCUT2D eigenvalue weighted by atomic mass is 16.1. The molecule has 0 atom stereocenters. The third kappa shape index (κ3) is 4.30. The summed E-state index contributed by atoms with van der Waals surface area (Å²) >= 11 is 0. The first-order valence-corrected chi connectivity index (χ1v) is 8.70. The van der Waals surface area contributed by atoms with Gasteiger partial charge in [0, 0.05) is 37.0 Å². The molecule has 4 rings (SSSR count). The molecule has 0 bridgehead atoms. The molecule has 134 valence electrons. The number of nitrogens with one attached hydrogen (secondary N) is 1. The zero-order chi connectivity index (χ0) is 18.5. The topological polar surface area (TPSA) is 64.7 Å².